The van der Waals surface area contributed by atoms with E-state index in [-0.39, 0.29) is 5.69 Å². The van der Waals surface area contributed by atoms with Crippen LogP contribution in [0.4, 0.5) is 14.5 Å². The number of primary amides is 1. The van der Waals surface area contributed by atoms with Gasteiger partial charge in [-0.25, -0.2) is 8.78 Å². The summed E-state index contributed by atoms with van der Waals surface area (Å²) < 4.78 is 32.4. The van der Waals surface area contributed by atoms with E-state index in [1.54, 1.807) is 4.90 Å². The highest BCUT2D eigenvalue weighted by Crippen LogP contribution is 2.24. The third-order valence-electron chi connectivity index (χ3n) is 2.68. The zero-order valence-corrected chi connectivity index (χ0v) is 9.08. The highest BCUT2D eigenvalue weighted by Gasteiger charge is 2.21. The normalized spacial score (nSPS) is 16.0. The standard InChI is InChI=1S/C11H12F2N2O2/c12-9-7(11(14)16)1-2-8(10(9)13)15-3-5-17-6-4-15/h1-2H,3-6H2,(H2,14,16). The molecule has 1 aromatic carbocycles. The molecule has 1 aromatic rings. The lowest BCUT2D eigenvalue weighted by atomic mass is 10.1. The largest absolute Gasteiger partial charge is 0.378 e. The minimum absolute atomic E-state index is 0.135. The zero-order valence-electron chi connectivity index (χ0n) is 9.08. The molecule has 17 heavy (non-hydrogen) atoms. The molecule has 2 N–H and O–H groups in total. The number of amides is 1. The van der Waals surface area contributed by atoms with Crippen molar-refractivity contribution < 1.29 is 18.3 Å². The first-order valence-electron chi connectivity index (χ1n) is 5.21. The number of halogens is 2. The number of nitrogens with two attached hydrogens (primary N) is 1. The number of hydrogen-bond donors (Lipinski definition) is 1. The lowest BCUT2D eigenvalue weighted by molar-refractivity contribution is 0.0995. The second-order valence-electron chi connectivity index (χ2n) is 3.72. The molecule has 6 heteroatoms. The molecule has 92 valence electrons. The van der Waals surface area contributed by atoms with Crippen molar-refractivity contribution in [2.24, 2.45) is 5.73 Å². The minimum Gasteiger partial charge on any atom is -0.378 e. The van der Waals surface area contributed by atoms with E-state index < -0.39 is 23.1 Å². The SMILES string of the molecule is NC(=O)c1ccc(N2CCOCC2)c(F)c1F. The van der Waals surface area contributed by atoms with Crippen LogP contribution in [0.2, 0.25) is 0 Å². The summed E-state index contributed by atoms with van der Waals surface area (Å²) in [6.07, 6.45) is 0. The van der Waals surface area contributed by atoms with Crippen LogP contribution in [0.3, 0.4) is 0 Å². The summed E-state index contributed by atoms with van der Waals surface area (Å²) in [6.45, 7) is 1.93. The van der Waals surface area contributed by atoms with Crippen molar-refractivity contribution in [3.05, 3.63) is 29.3 Å². The monoisotopic (exact) mass is 242 g/mol. The van der Waals surface area contributed by atoms with E-state index in [1.807, 2.05) is 0 Å². The summed E-state index contributed by atoms with van der Waals surface area (Å²) in [7, 11) is 0. The van der Waals surface area contributed by atoms with E-state index in [2.05, 4.69) is 0 Å². The van der Waals surface area contributed by atoms with Crippen LogP contribution in [0, 0.1) is 11.6 Å². The molecule has 1 fully saturated rings. The summed E-state index contributed by atoms with van der Waals surface area (Å²) in [5.74, 6) is -3.21. The van der Waals surface area contributed by atoms with Crippen molar-refractivity contribution in [3.63, 3.8) is 0 Å². The van der Waals surface area contributed by atoms with Crippen LogP contribution in [0.25, 0.3) is 0 Å². The molecule has 0 bridgehead atoms. The number of rotatable bonds is 2. The van der Waals surface area contributed by atoms with Gasteiger partial charge in [0.15, 0.2) is 11.6 Å². The molecule has 1 aliphatic heterocycles. The molecule has 1 amide bonds. The third-order valence-corrected chi connectivity index (χ3v) is 2.68. The summed E-state index contributed by atoms with van der Waals surface area (Å²) >= 11 is 0. The van der Waals surface area contributed by atoms with Gasteiger partial charge in [0.25, 0.3) is 5.91 Å². The lowest BCUT2D eigenvalue weighted by Gasteiger charge is -2.29. The first kappa shape index (κ1) is 11.8. The number of benzene rings is 1. The third kappa shape index (κ3) is 2.21. The van der Waals surface area contributed by atoms with Crippen molar-refractivity contribution in [2.75, 3.05) is 31.2 Å². The van der Waals surface area contributed by atoms with Crippen molar-refractivity contribution in [1.29, 1.82) is 0 Å². The Labute approximate surface area is 97.0 Å². The number of morpholine rings is 1. The maximum absolute atomic E-state index is 13.7. The predicted molar refractivity (Wildman–Crippen MR) is 57.9 cm³/mol. The second kappa shape index (κ2) is 4.67. The molecule has 1 saturated heterocycles. The van der Waals surface area contributed by atoms with Crippen LogP contribution >= 0.6 is 0 Å². The van der Waals surface area contributed by atoms with Gasteiger partial charge in [-0.15, -0.1) is 0 Å². The van der Waals surface area contributed by atoms with Gasteiger partial charge in [0.2, 0.25) is 0 Å². The Hall–Kier alpha value is -1.69. The average Bonchev–Trinajstić information content (AvgIpc) is 2.33. The first-order valence-corrected chi connectivity index (χ1v) is 5.21. The number of carbonyl (C=O) groups is 1. The van der Waals surface area contributed by atoms with Crippen LogP contribution in [0.15, 0.2) is 12.1 Å². The Morgan fingerprint density at radius 2 is 1.88 bits per heavy atom. The smallest absolute Gasteiger partial charge is 0.251 e. The van der Waals surface area contributed by atoms with Gasteiger partial charge in [-0.1, -0.05) is 0 Å². The van der Waals surface area contributed by atoms with Crippen LogP contribution in [0.1, 0.15) is 10.4 Å². The van der Waals surface area contributed by atoms with Crippen LogP contribution < -0.4 is 10.6 Å². The second-order valence-corrected chi connectivity index (χ2v) is 3.72. The first-order chi connectivity index (χ1) is 8.11. The summed E-state index contributed by atoms with van der Waals surface area (Å²) in [6, 6.07) is 2.56. The van der Waals surface area contributed by atoms with E-state index in [0.29, 0.717) is 26.3 Å². The number of hydrogen-bond acceptors (Lipinski definition) is 3. The van der Waals surface area contributed by atoms with Gasteiger partial charge in [0.05, 0.1) is 24.5 Å². The van der Waals surface area contributed by atoms with Crippen LogP contribution in [-0.2, 0) is 4.74 Å². The van der Waals surface area contributed by atoms with E-state index in [9.17, 15) is 13.6 Å². The zero-order chi connectivity index (χ0) is 12.4. The van der Waals surface area contributed by atoms with Crippen molar-refractivity contribution in [2.45, 2.75) is 0 Å². The Bertz CT molecular complexity index is 445. The average molecular weight is 242 g/mol. The van der Waals surface area contributed by atoms with E-state index in [0.717, 1.165) is 0 Å². The Morgan fingerprint density at radius 1 is 1.24 bits per heavy atom. The molecular formula is C11H12F2N2O2. The molecule has 1 heterocycles. The highest BCUT2D eigenvalue weighted by atomic mass is 19.2. The summed E-state index contributed by atoms with van der Waals surface area (Å²) in [5.41, 5.74) is 4.64. The van der Waals surface area contributed by atoms with Crippen LogP contribution in [-0.4, -0.2) is 32.2 Å². The topological polar surface area (TPSA) is 55.6 Å². The summed E-state index contributed by atoms with van der Waals surface area (Å²) in [4.78, 5) is 12.5. The Balaban J connectivity index is 2.36. The van der Waals surface area contributed by atoms with E-state index in [1.165, 1.54) is 12.1 Å². The quantitative estimate of drug-likeness (QED) is 0.838. The molecule has 0 aliphatic carbocycles. The van der Waals surface area contributed by atoms with E-state index >= 15 is 0 Å². The maximum atomic E-state index is 13.7. The summed E-state index contributed by atoms with van der Waals surface area (Å²) in [5, 5.41) is 0. The highest BCUT2D eigenvalue weighted by molar-refractivity contribution is 5.93. The fourth-order valence-electron chi connectivity index (χ4n) is 1.78. The van der Waals surface area contributed by atoms with Crippen molar-refractivity contribution in [3.8, 4) is 0 Å². The molecule has 0 atom stereocenters. The lowest BCUT2D eigenvalue weighted by Crippen LogP contribution is -2.37. The van der Waals surface area contributed by atoms with Crippen molar-refractivity contribution in [1.82, 2.24) is 0 Å². The molecule has 0 aromatic heterocycles. The van der Waals surface area contributed by atoms with Gasteiger partial charge in [0.1, 0.15) is 0 Å². The molecule has 0 spiro atoms. The molecule has 2 rings (SSSR count). The Kier molecular flexibility index (Phi) is 3.23. The number of ether oxygens (including phenoxy) is 1. The van der Waals surface area contributed by atoms with Gasteiger partial charge in [-0.2, -0.15) is 0 Å². The van der Waals surface area contributed by atoms with Gasteiger partial charge in [-0.3, -0.25) is 4.79 Å². The van der Waals surface area contributed by atoms with Gasteiger partial charge in [0, 0.05) is 13.1 Å². The Morgan fingerprint density at radius 3 is 2.47 bits per heavy atom. The molecular weight excluding hydrogens is 230 g/mol. The predicted octanol–water partition coefficient (Wildman–Crippen LogP) is 0.900. The van der Waals surface area contributed by atoms with Crippen molar-refractivity contribution >= 4 is 11.6 Å². The maximum Gasteiger partial charge on any atom is 0.251 e. The molecule has 0 saturated carbocycles. The van der Waals surface area contributed by atoms with Gasteiger partial charge < -0.3 is 15.4 Å². The van der Waals surface area contributed by atoms with Gasteiger partial charge >= 0.3 is 0 Å². The fraction of sp³-hybridized carbons (Fsp3) is 0.364. The number of anilines is 1. The fourth-order valence-corrected chi connectivity index (χ4v) is 1.78. The molecule has 0 radical (unpaired) electrons. The van der Waals surface area contributed by atoms with Gasteiger partial charge in [-0.05, 0) is 12.1 Å². The molecule has 1 aliphatic rings. The number of nitrogens with zero attached hydrogens (tertiary/aromatic N) is 1. The molecule has 0 unspecified atom stereocenters. The molecule has 4 nitrogen and oxygen atoms in total. The minimum atomic E-state index is -1.19. The number of carbonyl (C=O) groups excluding carboxylic acids is 1. The van der Waals surface area contributed by atoms with E-state index in [4.69, 9.17) is 10.5 Å². The van der Waals surface area contributed by atoms with Crippen LogP contribution in [0.5, 0.6) is 0 Å².